The normalized spacial score (nSPS) is 16.0. The van der Waals surface area contributed by atoms with Crippen molar-refractivity contribution in [3.63, 3.8) is 0 Å². The molecule has 88 heavy (non-hydrogen) atoms. The number of ether oxygens (including phenoxy) is 4. The van der Waals surface area contributed by atoms with Crippen molar-refractivity contribution in [2.75, 3.05) is 60.8 Å². The first-order valence-electron chi connectivity index (χ1n) is 29.3. The molecular formula is C68H78Cl2F2N6O10. The number of piperazine rings is 2. The number of amides is 6. The number of rotatable bonds is 16. The Bertz CT molecular complexity index is 3080. The summed E-state index contributed by atoms with van der Waals surface area (Å²) in [4.78, 5) is 91.2. The molecule has 0 spiro atoms. The van der Waals surface area contributed by atoms with Crippen LogP contribution >= 0.6 is 23.2 Å². The summed E-state index contributed by atoms with van der Waals surface area (Å²) in [6.07, 6.45) is -0.870. The number of carbonyl (C=O) groups is 6. The van der Waals surface area contributed by atoms with Crippen molar-refractivity contribution >= 4 is 70.4 Å². The van der Waals surface area contributed by atoms with Crippen molar-refractivity contribution in [1.82, 2.24) is 19.6 Å². The fourth-order valence-electron chi connectivity index (χ4n) is 10.3. The molecule has 2 saturated heterocycles. The second kappa shape index (κ2) is 30.1. The third-order valence-electron chi connectivity index (χ3n) is 14.6. The van der Waals surface area contributed by atoms with E-state index in [1.807, 2.05) is 130 Å². The summed E-state index contributed by atoms with van der Waals surface area (Å²) in [5.41, 5.74) is 0.371. The lowest BCUT2D eigenvalue weighted by atomic mass is 9.97. The topological polar surface area (TPSA) is 159 Å². The minimum absolute atomic E-state index is 0.0140. The Morgan fingerprint density at radius 3 is 1.06 bits per heavy atom. The largest absolute Gasteiger partial charge is 0.457 e. The van der Waals surface area contributed by atoms with Crippen LogP contribution in [0.15, 0.2) is 158 Å². The molecule has 8 rings (SSSR count). The second-order valence-corrected chi connectivity index (χ2v) is 24.6. The fourth-order valence-corrected chi connectivity index (χ4v) is 10.6. The Morgan fingerprint density at radius 2 is 0.773 bits per heavy atom. The molecule has 2 aliphatic heterocycles. The molecule has 0 N–H and O–H groups in total. The lowest BCUT2D eigenvalue weighted by Gasteiger charge is -2.45. The molecule has 0 unspecified atom stereocenters. The number of hydrogen-bond acceptors (Lipinski definition) is 10. The van der Waals surface area contributed by atoms with Gasteiger partial charge in [0.2, 0.25) is 11.8 Å². The van der Waals surface area contributed by atoms with Crippen LogP contribution in [0.2, 0.25) is 0 Å². The first kappa shape index (κ1) is 67.3. The zero-order chi connectivity index (χ0) is 64.0. The minimum Gasteiger partial charge on any atom is -0.457 e. The molecule has 0 aliphatic carbocycles. The van der Waals surface area contributed by atoms with Crippen LogP contribution in [0.4, 0.5) is 29.7 Å². The van der Waals surface area contributed by atoms with Crippen molar-refractivity contribution in [2.45, 2.75) is 105 Å². The van der Waals surface area contributed by atoms with Crippen LogP contribution in [-0.4, -0.2) is 130 Å². The molecule has 4 atom stereocenters. The average Bonchev–Trinajstić information content (AvgIpc) is 2.60. The Labute approximate surface area is 524 Å². The van der Waals surface area contributed by atoms with Crippen LogP contribution < -0.4 is 19.3 Å². The number of nitrogens with zero attached hydrogens (tertiary/aromatic N) is 6. The van der Waals surface area contributed by atoms with Gasteiger partial charge in [0.05, 0.1) is 12.1 Å². The van der Waals surface area contributed by atoms with Crippen LogP contribution in [0.5, 0.6) is 23.0 Å². The van der Waals surface area contributed by atoms with Crippen molar-refractivity contribution in [3.05, 3.63) is 180 Å². The maximum atomic E-state index is 14.4. The summed E-state index contributed by atoms with van der Waals surface area (Å²) in [6.45, 7) is 20.2. The van der Waals surface area contributed by atoms with Gasteiger partial charge in [-0.25, -0.2) is 18.4 Å². The molecule has 6 amide bonds. The van der Waals surface area contributed by atoms with Gasteiger partial charge in [-0.15, -0.1) is 23.2 Å². The van der Waals surface area contributed by atoms with Crippen LogP contribution in [0.3, 0.4) is 0 Å². The number of carbonyl (C=O) groups excluding carboxylic acids is 6. The molecule has 20 heteroatoms. The Kier molecular flexibility index (Phi) is 23.0. The minimum atomic E-state index is -1.14. The summed E-state index contributed by atoms with van der Waals surface area (Å²) < 4.78 is 51.1. The van der Waals surface area contributed by atoms with Gasteiger partial charge in [-0.05, 0) is 162 Å². The van der Waals surface area contributed by atoms with Crippen molar-refractivity contribution in [2.24, 2.45) is 11.8 Å². The van der Waals surface area contributed by atoms with Crippen LogP contribution in [0.1, 0.15) is 92.4 Å². The number of hydrogen-bond donors (Lipinski definition) is 0. The van der Waals surface area contributed by atoms with E-state index < -0.39 is 58.9 Å². The van der Waals surface area contributed by atoms with E-state index in [1.165, 1.54) is 58.3 Å². The molecule has 6 aromatic rings. The molecule has 2 heterocycles. The lowest BCUT2D eigenvalue weighted by Crippen LogP contribution is -2.60. The van der Waals surface area contributed by atoms with Gasteiger partial charge in [-0.2, -0.15) is 0 Å². The molecule has 2 fully saturated rings. The smallest absolute Gasteiger partial charge is 0.410 e. The van der Waals surface area contributed by atoms with E-state index in [9.17, 15) is 37.5 Å². The van der Waals surface area contributed by atoms with Crippen molar-refractivity contribution in [1.29, 1.82) is 0 Å². The molecule has 0 aromatic heterocycles. The Hall–Kier alpha value is -8.22. The summed E-state index contributed by atoms with van der Waals surface area (Å²) in [6, 6.07) is 40.2. The first-order valence-corrected chi connectivity index (χ1v) is 30.3. The first-order chi connectivity index (χ1) is 41.7. The summed E-state index contributed by atoms with van der Waals surface area (Å²) in [7, 11) is 0. The highest BCUT2D eigenvalue weighted by Crippen LogP contribution is 2.36. The summed E-state index contributed by atoms with van der Waals surface area (Å²) >= 11 is 12.2. The van der Waals surface area contributed by atoms with E-state index >= 15 is 0 Å². The Morgan fingerprint density at radius 1 is 0.466 bits per heavy atom. The quantitative estimate of drug-likeness (QED) is 0.0854. The number of benzene rings is 6. The second-order valence-electron chi connectivity index (χ2n) is 24.1. The summed E-state index contributed by atoms with van der Waals surface area (Å²) in [5.74, 6) is -1.02. The van der Waals surface area contributed by atoms with Gasteiger partial charge in [0, 0.05) is 50.6 Å². The van der Waals surface area contributed by atoms with E-state index in [-0.39, 0.29) is 86.8 Å². The van der Waals surface area contributed by atoms with Crippen molar-refractivity contribution in [3.8, 4) is 23.0 Å². The number of anilines is 2. The molecule has 16 nitrogen and oxygen atoms in total. The molecule has 2 aliphatic rings. The van der Waals surface area contributed by atoms with Gasteiger partial charge in [-0.3, -0.25) is 29.0 Å². The van der Waals surface area contributed by atoms with Gasteiger partial charge >= 0.3 is 12.2 Å². The van der Waals surface area contributed by atoms with Crippen LogP contribution in [0.25, 0.3) is 0 Å². The predicted octanol–water partition coefficient (Wildman–Crippen LogP) is 14.1. The molecular weight excluding hydrogens is 1170 g/mol. The third-order valence-corrected chi connectivity index (χ3v) is 15.0. The van der Waals surface area contributed by atoms with Gasteiger partial charge < -0.3 is 38.5 Å². The molecule has 0 bridgehead atoms. The van der Waals surface area contributed by atoms with E-state index in [1.54, 1.807) is 68.1 Å². The number of para-hydroxylation sites is 2. The molecule has 0 saturated carbocycles. The fraction of sp³-hybridized carbons (Fsp3) is 0.382. The third kappa shape index (κ3) is 18.0. The van der Waals surface area contributed by atoms with Crippen molar-refractivity contribution < 1.29 is 56.5 Å². The van der Waals surface area contributed by atoms with E-state index in [0.29, 0.717) is 45.5 Å². The SMILES string of the molecule is CC(C)[C@H]1CN(C(=O)[C@@H](c2ccc(F)cc2)N(C(=O)CCl)c2ccc(Oc3ccccc3)cc2)CCN1C(=O)OC(C)(C)C.CC(C)[C@H]1CN(C(=O)[C@H](c2ccc(F)cc2)N(C(=O)CCl)c2ccc(Oc3ccccc3)cc2)CCN1C(=O)OC(C)(C)C. The van der Waals surface area contributed by atoms with Gasteiger partial charge in [0.1, 0.15) is 69.7 Å². The highest BCUT2D eigenvalue weighted by molar-refractivity contribution is 6.30. The Balaban J connectivity index is 0.000000251. The monoisotopic (exact) mass is 1250 g/mol. The molecule has 6 aromatic carbocycles. The average molecular weight is 1250 g/mol. The molecule has 468 valence electrons. The summed E-state index contributed by atoms with van der Waals surface area (Å²) in [5, 5.41) is 0. The zero-order valence-electron chi connectivity index (χ0n) is 51.4. The highest BCUT2D eigenvalue weighted by Gasteiger charge is 2.43. The zero-order valence-corrected chi connectivity index (χ0v) is 52.9. The van der Waals surface area contributed by atoms with Crippen LogP contribution in [-0.2, 0) is 28.7 Å². The predicted molar refractivity (Wildman–Crippen MR) is 337 cm³/mol. The van der Waals surface area contributed by atoms with Gasteiger partial charge in [0.25, 0.3) is 11.8 Å². The van der Waals surface area contributed by atoms with E-state index in [0.717, 1.165) is 0 Å². The van der Waals surface area contributed by atoms with Gasteiger partial charge in [0.15, 0.2) is 0 Å². The van der Waals surface area contributed by atoms with E-state index in [4.69, 9.17) is 42.1 Å². The van der Waals surface area contributed by atoms with Gasteiger partial charge in [-0.1, -0.05) is 88.4 Å². The standard InChI is InChI=1S/2C34H39ClFN3O5/c2*1-23(2)29-22-37(19-20-38(29)33(42)44-34(3,4)5)32(41)31(24-11-13-25(36)14-12-24)39(30(40)21-35)26-15-17-28(18-16-26)43-27-9-7-6-8-10-27/h2*6-18,23,29,31H,19-22H2,1-5H3/t29-,31+;29-,31-/m11/s1. The van der Waals surface area contributed by atoms with Crippen LogP contribution in [0, 0.1) is 23.5 Å². The maximum absolute atomic E-state index is 14.4. The van der Waals surface area contributed by atoms with E-state index in [2.05, 4.69) is 0 Å². The lowest BCUT2D eigenvalue weighted by molar-refractivity contribution is -0.138. The molecule has 0 radical (unpaired) electrons. The maximum Gasteiger partial charge on any atom is 0.410 e. The number of halogens is 4. The number of alkyl halides is 2. The highest BCUT2D eigenvalue weighted by atomic mass is 35.5.